The molecule has 0 saturated carbocycles. The van der Waals surface area contributed by atoms with E-state index in [1.54, 1.807) is 0 Å². The number of methoxy groups -OCH3 is 1. The van der Waals surface area contributed by atoms with E-state index in [2.05, 4.69) is 21.8 Å². The van der Waals surface area contributed by atoms with E-state index >= 15 is 0 Å². The van der Waals surface area contributed by atoms with Gasteiger partial charge in [0.1, 0.15) is 0 Å². The fourth-order valence-electron chi connectivity index (χ4n) is 3.01. The van der Waals surface area contributed by atoms with Crippen molar-refractivity contribution in [2.45, 2.75) is 17.7 Å². The average Bonchev–Trinajstić information content (AvgIpc) is 3.02. The third kappa shape index (κ3) is 3.93. The molecule has 1 aliphatic heterocycles. The Hall–Kier alpha value is -2.12. The summed E-state index contributed by atoms with van der Waals surface area (Å²) in [7, 11) is -2.39. The summed E-state index contributed by atoms with van der Waals surface area (Å²) >= 11 is 0. The van der Waals surface area contributed by atoms with Crippen LogP contribution in [-0.4, -0.2) is 35.2 Å². The van der Waals surface area contributed by atoms with Crippen LogP contribution >= 0.6 is 0 Å². The van der Waals surface area contributed by atoms with Crippen molar-refractivity contribution in [3.05, 3.63) is 53.8 Å². The fraction of sp³-hybridized carbons (Fsp3) is 0.333. The van der Waals surface area contributed by atoms with Crippen LogP contribution in [0.3, 0.4) is 0 Å². The van der Waals surface area contributed by atoms with E-state index in [9.17, 15) is 12.8 Å². The summed E-state index contributed by atoms with van der Waals surface area (Å²) in [4.78, 5) is 2.16. The third-order valence-electron chi connectivity index (χ3n) is 4.31. The van der Waals surface area contributed by atoms with E-state index in [1.807, 2.05) is 12.1 Å². The molecule has 25 heavy (non-hydrogen) atoms. The summed E-state index contributed by atoms with van der Waals surface area (Å²) in [6.07, 6.45) is 1.69. The Kier molecular flexibility index (Phi) is 5.24. The van der Waals surface area contributed by atoms with Crippen LogP contribution in [0.4, 0.5) is 10.1 Å². The molecule has 0 bridgehead atoms. The van der Waals surface area contributed by atoms with Gasteiger partial charge in [-0.1, -0.05) is 18.2 Å². The molecule has 3 rings (SSSR count). The van der Waals surface area contributed by atoms with E-state index in [-0.39, 0.29) is 10.6 Å². The highest BCUT2D eigenvalue weighted by Gasteiger charge is 2.19. The van der Waals surface area contributed by atoms with E-state index in [4.69, 9.17) is 4.74 Å². The molecule has 134 valence electrons. The van der Waals surface area contributed by atoms with Gasteiger partial charge in [-0.2, -0.15) is 0 Å². The Labute approximate surface area is 147 Å². The molecule has 1 heterocycles. The zero-order chi connectivity index (χ0) is 17.9. The van der Waals surface area contributed by atoms with Gasteiger partial charge in [-0.05, 0) is 42.7 Å². The van der Waals surface area contributed by atoms with E-state index in [0.717, 1.165) is 25.6 Å². The molecule has 2 aromatic carbocycles. The molecule has 0 aromatic heterocycles. The van der Waals surface area contributed by atoms with Crippen LogP contribution in [-0.2, 0) is 16.4 Å². The summed E-state index contributed by atoms with van der Waals surface area (Å²) in [5, 5.41) is 0. The minimum absolute atomic E-state index is 0.0200. The topological polar surface area (TPSA) is 58.6 Å². The number of anilines is 1. The molecule has 0 spiro atoms. The van der Waals surface area contributed by atoms with Crippen molar-refractivity contribution in [1.82, 2.24) is 4.72 Å². The largest absolute Gasteiger partial charge is 0.494 e. The highest BCUT2D eigenvalue weighted by molar-refractivity contribution is 7.89. The maximum atomic E-state index is 13.7. The molecule has 2 aromatic rings. The summed E-state index contributed by atoms with van der Waals surface area (Å²) in [5.41, 5.74) is 2.55. The number of halogens is 1. The lowest BCUT2D eigenvalue weighted by Crippen LogP contribution is -2.29. The smallest absolute Gasteiger partial charge is 0.240 e. The zero-order valence-corrected chi connectivity index (χ0v) is 14.9. The molecule has 7 heteroatoms. The number of nitrogens with zero attached hydrogens (tertiary/aromatic N) is 1. The van der Waals surface area contributed by atoms with Gasteiger partial charge in [0.15, 0.2) is 11.6 Å². The van der Waals surface area contributed by atoms with Crippen LogP contribution in [0, 0.1) is 5.82 Å². The van der Waals surface area contributed by atoms with Crippen molar-refractivity contribution in [3.63, 3.8) is 0 Å². The first-order valence-electron chi connectivity index (χ1n) is 8.17. The van der Waals surface area contributed by atoms with Gasteiger partial charge in [-0.3, -0.25) is 0 Å². The highest BCUT2D eigenvalue weighted by atomic mass is 32.2. The maximum absolute atomic E-state index is 13.7. The van der Waals surface area contributed by atoms with E-state index in [1.165, 1.54) is 30.5 Å². The molecule has 0 fully saturated rings. The summed E-state index contributed by atoms with van der Waals surface area (Å²) in [5.74, 6) is -0.675. The van der Waals surface area contributed by atoms with Crippen molar-refractivity contribution in [1.29, 1.82) is 0 Å². The summed E-state index contributed by atoms with van der Waals surface area (Å²) in [6, 6.07) is 11.9. The average molecular weight is 364 g/mol. The predicted molar refractivity (Wildman–Crippen MR) is 95.1 cm³/mol. The predicted octanol–water partition coefficient (Wildman–Crippen LogP) is 2.57. The van der Waals surface area contributed by atoms with Crippen molar-refractivity contribution in [2.24, 2.45) is 0 Å². The van der Waals surface area contributed by atoms with Crippen LogP contribution < -0.4 is 14.4 Å². The molecule has 5 nitrogen and oxygen atoms in total. The molecule has 0 unspecified atom stereocenters. The summed E-state index contributed by atoms with van der Waals surface area (Å²) in [6.45, 7) is 2.03. The second kappa shape index (κ2) is 7.41. The van der Waals surface area contributed by atoms with Crippen molar-refractivity contribution in [2.75, 3.05) is 31.6 Å². The van der Waals surface area contributed by atoms with Crippen molar-refractivity contribution < 1.29 is 17.5 Å². The van der Waals surface area contributed by atoms with Gasteiger partial charge in [0.05, 0.1) is 12.0 Å². The third-order valence-corrected chi connectivity index (χ3v) is 5.77. The Bertz CT molecular complexity index is 855. The first-order valence-corrected chi connectivity index (χ1v) is 9.65. The number of fused-ring (bicyclic) bond motifs is 1. The normalized spacial score (nSPS) is 13.8. The number of nitrogens with one attached hydrogen (secondary N) is 1. The minimum Gasteiger partial charge on any atom is -0.494 e. The Morgan fingerprint density at radius 2 is 2.04 bits per heavy atom. The lowest BCUT2D eigenvalue weighted by molar-refractivity contribution is 0.385. The number of rotatable bonds is 7. The van der Waals surface area contributed by atoms with Crippen molar-refractivity contribution in [3.8, 4) is 5.75 Å². The van der Waals surface area contributed by atoms with Crippen LogP contribution in [0.1, 0.15) is 12.0 Å². The van der Waals surface area contributed by atoms with Gasteiger partial charge in [0, 0.05) is 25.3 Å². The molecule has 1 aliphatic rings. The highest BCUT2D eigenvalue weighted by Crippen LogP contribution is 2.27. The standard InChI is InChI=1S/C18H21FN2O3S/c1-24-18-8-7-15(13-16(18)19)25(22,23)20-10-4-11-21-12-9-14-5-2-3-6-17(14)21/h2-3,5-8,13,20H,4,9-12H2,1H3. The fourth-order valence-corrected chi connectivity index (χ4v) is 4.10. The molecular weight excluding hydrogens is 343 g/mol. The second-order valence-electron chi connectivity index (χ2n) is 5.91. The Morgan fingerprint density at radius 3 is 2.80 bits per heavy atom. The Morgan fingerprint density at radius 1 is 1.24 bits per heavy atom. The SMILES string of the molecule is COc1ccc(S(=O)(=O)NCCCN2CCc3ccccc32)cc1F. The molecular formula is C18H21FN2O3S. The zero-order valence-electron chi connectivity index (χ0n) is 14.0. The number of hydrogen-bond donors (Lipinski definition) is 1. The molecule has 0 saturated heterocycles. The second-order valence-corrected chi connectivity index (χ2v) is 7.68. The Balaban J connectivity index is 1.54. The number of sulfonamides is 1. The number of benzene rings is 2. The monoisotopic (exact) mass is 364 g/mol. The van der Waals surface area contributed by atoms with E-state index in [0.29, 0.717) is 13.0 Å². The van der Waals surface area contributed by atoms with Crippen LogP contribution in [0.15, 0.2) is 47.4 Å². The van der Waals surface area contributed by atoms with Gasteiger partial charge >= 0.3 is 0 Å². The minimum atomic E-state index is -3.73. The first kappa shape index (κ1) is 17.7. The van der Waals surface area contributed by atoms with E-state index < -0.39 is 15.8 Å². The number of hydrogen-bond acceptors (Lipinski definition) is 4. The lowest BCUT2D eigenvalue weighted by atomic mass is 10.2. The van der Waals surface area contributed by atoms with Crippen molar-refractivity contribution >= 4 is 15.7 Å². The summed E-state index contributed by atoms with van der Waals surface area (Å²) < 4.78 is 45.5. The van der Waals surface area contributed by atoms with Crippen LogP contribution in [0.25, 0.3) is 0 Å². The molecule has 0 aliphatic carbocycles. The van der Waals surface area contributed by atoms with Gasteiger partial charge in [-0.15, -0.1) is 0 Å². The maximum Gasteiger partial charge on any atom is 0.240 e. The first-order chi connectivity index (χ1) is 12.0. The van der Waals surface area contributed by atoms with Crippen LogP contribution in [0.5, 0.6) is 5.75 Å². The lowest BCUT2D eigenvalue weighted by Gasteiger charge is -2.19. The van der Waals surface area contributed by atoms with Crippen LogP contribution in [0.2, 0.25) is 0 Å². The quantitative estimate of drug-likeness (QED) is 0.767. The van der Waals surface area contributed by atoms with Gasteiger partial charge in [0.2, 0.25) is 10.0 Å². The molecule has 1 N–H and O–H groups in total. The van der Waals surface area contributed by atoms with Gasteiger partial charge < -0.3 is 9.64 Å². The van der Waals surface area contributed by atoms with Gasteiger partial charge in [0.25, 0.3) is 0 Å². The van der Waals surface area contributed by atoms with Gasteiger partial charge in [-0.25, -0.2) is 17.5 Å². The number of para-hydroxylation sites is 1. The molecule has 0 radical (unpaired) electrons. The molecule has 0 atom stereocenters. The number of ether oxygens (including phenoxy) is 1. The molecule has 0 amide bonds.